The smallest absolute Gasteiger partial charge is 0.127 e. The molecule has 30 heavy (non-hydrogen) atoms. The molecule has 0 unspecified atom stereocenters. The van der Waals surface area contributed by atoms with E-state index in [1.54, 1.807) is 6.07 Å². The maximum Gasteiger partial charge on any atom is 0.127 e. The van der Waals surface area contributed by atoms with Gasteiger partial charge in [0.1, 0.15) is 11.5 Å². The van der Waals surface area contributed by atoms with Gasteiger partial charge in [0.2, 0.25) is 0 Å². The van der Waals surface area contributed by atoms with E-state index in [1.165, 1.54) is 51.4 Å². The third kappa shape index (κ3) is 5.94. The summed E-state index contributed by atoms with van der Waals surface area (Å²) in [6.07, 6.45) is 10.7. The van der Waals surface area contributed by atoms with Gasteiger partial charge in [-0.05, 0) is 68.1 Å². The molecule has 0 aliphatic heterocycles. The minimum absolute atomic E-state index is 0. The molecule has 0 radical (unpaired) electrons. The molecule has 2 aliphatic carbocycles. The second-order valence-corrected chi connectivity index (χ2v) is 8.79. The van der Waals surface area contributed by atoms with Crippen LogP contribution in [0.1, 0.15) is 62.5 Å². The molecular weight excluding hydrogens is 419 g/mol. The van der Waals surface area contributed by atoms with Crippen LogP contribution in [0.5, 0.6) is 11.5 Å². The van der Waals surface area contributed by atoms with Crippen molar-refractivity contribution in [2.45, 2.75) is 64.5 Å². The molecule has 4 rings (SSSR count). The van der Waals surface area contributed by atoms with Crippen LogP contribution in [0, 0.1) is 11.8 Å². The number of rotatable bonds is 8. The number of aromatic hydroxyl groups is 2. The Labute approximate surface area is 192 Å². The van der Waals surface area contributed by atoms with Crippen molar-refractivity contribution in [3.05, 3.63) is 35.4 Å². The summed E-state index contributed by atoms with van der Waals surface area (Å²) in [4.78, 5) is 0. The Balaban J connectivity index is 0.00000160. The highest BCUT2D eigenvalue weighted by Gasteiger charge is 2.17. The monoisotopic (exact) mass is 454 g/mol. The quantitative estimate of drug-likeness (QED) is 0.415. The van der Waals surface area contributed by atoms with Gasteiger partial charge in [0.05, 0.1) is 0 Å². The number of hydrogen-bond acceptors (Lipinski definition) is 4. The molecule has 0 saturated heterocycles. The molecule has 168 valence electrons. The number of hydrogen-bond donors (Lipinski definition) is 4. The third-order valence-corrected chi connectivity index (χ3v) is 6.78. The van der Waals surface area contributed by atoms with Crippen LogP contribution in [-0.4, -0.2) is 23.3 Å². The van der Waals surface area contributed by atoms with Crippen molar-refractivity contribution in [2.75, 3.05) is 13.1 Å². The lowest BCUT2D eigenvalue weighted by atomic mass is 9.99. The average molecular weight is 455 g/mol. The second kappa shape index (κ2) is 12.0. The molecule has 0 heterocycles. The zero-order chi connectivity index (χ0) is 19.3. The van der Waals surface area contributed by atoms with Crippen LogP contribution in [0.25, 0.3) is 10.8 Å². The molecule has 4 nitrogen and oxygen atoms in total. The van der Waals surface area contributed by atoms with Gasteiger partial charge in [-0.3, -0.25) is 0 Å². The number of phenols is 2. The summed E-state index contributed by atoms with van der Waals surface area (Å²) in [6, 6.07) is 7.60. The minimum atomic E-state index is 0. The summed E-state index contributed by atoms with van der Waals surface area (Å²) in [7, 11) is 0. The Morgan fingerprint density at radius 1 is 0.700 bits per heavy atom. The number of benzene rings is 2. The minimum Gasteiger partial charge on any atom is -0.508 e. The maximum atomic E-state index is 10.8. The van der Waals surface area contributed by atoms with Gasteiger partial charge < -0.3 is 20.8 Å². The lowest BCUT2D eigenvalue weighted by Gasteiger charge is -2.16. The van der Waals surface area contributed by atoms with Crippen molar-refractivity contribution in [1.82, 2.24) is 10.6 Å². The fourth-order valence-electron chi connectivity index (χ4n) is 5.06. The second-order valence-electron chi connectivity index (χ2n) is 8.79. The molecule has 0 spiro atoms. The number of halogens is 2. The summed E-state index contributed by atoms with van der Waals surface area (Å²) in [5.74, 6) is 2.20. The van der Waals surface area contributed by atoms with Gasteiger partial charge in [-0.1, -0.05) is 37.8 Å². The molecule has 0 amide bonds. The van der Waals surface area contributed by atoms with E-state index in [4.69, 9.17) is 0 Å². The first-order chi connectivity index (χ1) is 13.7. The zero-order valence-corrected chi connectivity index (χ0v) is 19.3. The largest absolute Gasteiger partial charge is 0.508 e. The molecule has 0 bridgehead atoms. The number of nitrogens with one attached hydrogen (secondary N) is 2. The predicted molar refractivity (Wildman–Crippen MR) is 129 cm³/mol. The van der Waals surface area contributed by atoms with Crippen LogP contribution in [-0.2, 0) is 13.1 Å². The maximum absolute atomic E-state index is 10.8. The molecule has 2 saturated carbocycles. The Kier molecular flexibility index (Phi) is 10.0. The highest BCUT2D eigenvalue weighted by Crippen LogP contribution is 2.35. The van der Waals surface area contributed by atoms with E-state index in [0.717, 1.165) is 46.8 Å². The highest BCUT2D eigenvalue weighted by molar-refractivity contribution is 5.93. The Hall–Kier alpha value is -1.20. The lowest BCUT2D eigenvalue weighted by molar-refractivity contribution is 0.453. The Bertz CT molecular complexity index is 803. The Morgan fingerprint density at radius 3 is 1.83 bits per heavy atom. The van der Waals surface area contributed by atoms with E-state index in [-0.39, 0.29) is 24.8 Å². The standard InChI is InChI=1S/C24H34N2O2.2ClH/c27-23-12-11-21-20(22(23)16-26-14-18-7-3-4-8-18)10-9-19(24(21)28)15-25-13-17-5-1-2-6-17;;/h9-12,17-18,25-28H,1-8,13-16H2;2*1H. The molecule has 6 heteroatoms. The third-order valence-electron chi connectivity index (χ3n) is 6.78. The van der Waals surface area contributed by atoms with Crippen molar-refractivity contribution >= 4 is 35.6 Å². The predicted octanol–water partition coefficient (Wildman–Crippen LogP) is 5.65. The summed E-state index contributed by atoms with van der Waals surface area (Å²) in [6.45, 7) is 3.36. The van der Waals surface area contributed by atoms with Gasteiger partial charge in [0.15, 0.2) is 0 Å². The molecule has 2 fully saturated rings. The van der Waals surface area contributed by atoms with E-state index in [2.05, 4.69) is 10.6 Å². The van der Waals surface area contributed by atoms with Crippen molar-refractivity contribution < 1.29 is 10.2 Å². The summed E-state index contributed by atoms with van der Waals surface area (Å²) >= 11 is 0. The molecule has 2 aromatic carbocycles. The lowest BCUT2D eigenvalue weighted by Crippen LogP contribution is -2.21. The van der Waals surface area contributed by atoms with Crippen LogP contribution in [0.2, 0.25) is 0 Å². The fraction of sp³-hybridized carbons (Fsp3) is 0.583. The van der Waals surface area contributed by atoms with Crippen LogP contribution in [0.3, 0.4) is 0 Å². The molecule has 2 aromatic rings. The fourth-order valence-corrected chi connectivity index (χ4v) is 5.06. The molecule has 4 N–H and O–H groups in total. The van der Waals surface area contributed by atoms with Crippen molar-refractivity contribution in [2.24, 2.45) is 11.8 Å². The number of fused-ring (bicyclic) bond motifs is 1. The van der Waals surface area contributed by atoms with Crippen LogP contribution in [0.4, 0.5) is 0 Å². The number of phenolic OH excluding ortho intramolecular Hbond substituents is 2. The van der Waals surface area contributed by atoms with Gasteiger partial charge >= 0.3 is 0 Å². The van der Waals surface area contributed by atoms with Crippen LogP contribution in [0.15, 0.2) is 24.3 Å². The molecular formula is C24H36Cl2N2O2. The SMILES string of the molecule is Cl.Cl.Oc1ccc2c(O)c(CNCC3CCCC3)ccc2c1CNCC1CCCC1. The summed E-state index contributed by atoms with van der Waals surface area (Å²) in [5, 5.41) is 30.0. The van der Waals surface area contributed by atoms with Gasteiger partial charge in [-0.25, -0.2) is 0 Å². The molecule has 0 atom stereocenters. The van der Waals surface area contributed by atoms with E-state index in [1.807, 2.05) is 18.2 Å². The summed E-state index contributed by atoms with van der Waals surface area (Å²) in [5.41, 5.74) is 1.82. The van der Waals surface area contributed by atoms with Gasteiger partial charge in [-0.2, -0.15) is 0 Å². The van der Waals surface area contributed by atoms with E-state index >= 15 is 0 Å². The van der Waals surface area contributed by atoms with Crippen molar-refractivity contribution in [1.29, 1.82) is 0 Å². The van der Waals surface area contributed by atoms with Crippen LogP contribution >= 0.6 is 24.8 Å². The first kappa shape index (κ1) is 25.1. The van der Waals surface area contributed by atoms with E-state index in [9.17, 15) is 10.2 Å². The topological polar surface area (TPSA) is 64.5 Å². The van der Waals surface area contributed by atoms with Crippen molar-refractivity contribution in [3.8, 4) is 11.5 Å². The normalized spacial score (nSPS) is 17.2. The van der Waals surface area contributed by atoms with Gasteiger partial charge in [0, 0.05) is 29.6 Å². The summed E-state index contributed by atoms with van der Waals surface area (Å²) < 4.78 is 0. The Morgan fingerprint density at radius 2 is 1.23 bits per heavy atom. The highest BCUT2D eigenvalue weighted by atomic mass is 35.5. The van der Waals surface area contributed by atoms with E-state index < -0.39 is 0 Å². The average Bonchev–Trinajstić information content (AvgIpc) is 3.39. The van der Waals surface area contributed by atoms with Crippen molar-refractivity contribution in [3.63, 3.8) is 0 Å². The first-order valence-electron chi connectivity index (χ1n) is 11.1. The van der Waals surface area contributed by atoms with Gasteiger partial charge in [0.25, 0.3) is 0 Å². The van der Waals surface area contributed by atoms with E-state index in [0.29, 0.717) is 24.6 Å². The zero-order valence-electron chi connectivity index (χ0n) is 17.7. The molecule has 2 aliphatic rings. The first-order valence-corrected chi connectivity index (χ1v) is 11.1. The van der Waals surface area contributed by atoms with Gasteiger partial charge in [-0.15, -0.1) is 24.8 Å². The van der Waals surface area contributed by atoms with Crippen LogP contribution < -0.4 is 10.6 Å². The molecule has 0 aromatic heterocycles.